The van der Waals surface area contributed by atoms with E-state index in [0.717, 1.165) is 36.2 Å². The summed E-state index contributed by atoms with van der Waals surface area (Å²) in [7, 11) is -0.139. The Balaban J connectivity index is 1.75. The maximum atomic E-state index is 11.6. The van der Waals surface area contributed by atoms with Gasteiger partial charge in [-0.2, -0.15) is 0 Å². The van der Waals surface area contributed by atoms with Gasteiger partial charge in [0.2, 0.25) is 15.0 Å². The van der Waals surface area contributed by atoms with Gasteiger partial charge in [0.1, 0.15) is 0 Å². The van der Waals surface area contributed by atoms with E-state index in [-0.39, 0.29) is 5.16 Å². The fraction of sp³-hybridized carbons (Fsp3) is 0.412. The van der Waals surface area contributed by atoms with E-state index in [9.17, 15) is 8.42 Å². The van der Waals surface area contributed by atoms with E-state index < -0.39 is 9.84 Å². The molecule has 1 aliphatic rings. The van der Waals surface area contributed by atoms with E-state index in [1.54, 1.807) is 20.4 Å². The summed E-state index contributed by atoms with van der Waals surface area (Å²) in [5.41, 5.74) is 2.91. The lowest BCUT2D eigenvalue weighted by Crippen LogP contribution is -2.31. The third kappa shape index (κ3) is 3.91. The molecule has 0 saturated heterocycles. The van der Waals surface area contributed by atoms with Crippen LogP contribution in [0, 0.1) is 0 Å². The van der Waals surface area contributed by atoms with Crippen molar-refractivity contribution < 1.29 is 17.9 Å². The summed E-state index contributed by atoms with van der Waals surface area (Å²) < 4.78 is 33.8. The van der Waals surface area contributed by atoms with E-state index in [0.29, 0.717) is 24.5 Å². The van der Waals surface area contributed by atoms with Gasteiger partial charge in [0.15, 0.2) is 11.5 Å². The Bertz CT molecular complexity index is 883. The lowest BCUT2D eigenvalue weighted by Gasteiger charge is -2.28. The maximum absolute atomic E-state index is 11.6. The van der Waals surface area contributed by atoms with Crippen LogP contribution in [0.15, 0.2) is 29.6 Å². The Kier molecular flexibility index (Phi) is 4.91. The molecular weight excluding hydrogens is 342 g/mol. The largest absolute Gasteiger partial charge is 0.493 e. The number of fused-ring (bicyclic) bond motifs is 1. The van der Waals surface area contributed by atoms with Crippen LogP contribution in [0.4, 0.5) is 0 Å². The minimum atomic E-state index is -3.37. The topological polar surface area (TPSA) is 81.6 Å². The smallest absolute Gasteiger partial charge is 0.246 e. The van der Waals surface area contributed by atoms with E-state index in [1.165, 1.54) is 0 Å². The van der Waals surface area contributed by atoms with E-state index >= 15 is 0 Å². The molecule has 7 nitrogen and oxygen atoms in total. The van der Waals surface area contributed by atoms with Gasteiger partial charge in [0, 0.05) is 44.1 Å². The number of aromatic nitrogens is 2. The van der Waals surface area contributed by atoms with Crippen molar-refractivity contribution in [2.24, 2.45) is 0 Å². The highest BCUT2D eigenvalue weighted by atomic mass is 32.2. The monoisotopic (exact) mass is 363 g/mol. The van der Waals surface area contributed by atoms with E-state index in [4.69, 9.17) is 9.47 Å². The highest BCUT2D eigenvalue weighted by Gasteiger charge is 2.21. The highest BCUT2D eigenvalue weighted by molar-refractivity contribution is 7.90. The fourth-order valence-corrected chi connectivity index (χ4v) is 3.43. The molecule has 0 radical (unpaired) electrons. The molecule has 0 aliphatic carbocycles. The molecule has 0 atom stereocenters. The van der Waals surface area contributed by atoms with Crippen LogP contribution in [0.5, 0.6) is 11.5 Å². The number of benzene rings is 1. The number of hydrogen-bond acceptors (Lipinski definition) is 7. The molecule has 0 fully saturated rings. The normalized spacial score (nSPS) is 14.8. The molecule has 25 heavy (non-hydrogen) atoms. The first-order chi connectivity index (χ1) is 11.9. The molecule has 8 heteroatoms. The number of hydrogen-bond donors (Lipinski definition) is 0. The van der Waals surface area contributed by atoms with Gasteiger partial charge in [-0.3, -0.25) is 4.90 Å². The second-order valence-corrected chi connectivity index (χ2v) is 7.96. The van der Waals surface area contributed by atoms with Gasteiger partial charge in [0.05, 0.1) is 19.9 Å². The molecule has 0 saturated carbocycles. The Morgan fingerprint density at radius 1 is 1.20 bits per heavy atom. The van der Waals surface area contributed by atoms with Crippen molar-refractivity contribution in [1.82, 2.24) is 14.9 Å². The molecule has 0 N–H and O–H groups in total. The molecule has 0 bridgehead atoms. The van der Waals surface area contributed by atoms with Crippen LogP contribution >= 0.6 is 0 Å². The zero-order valence-corrected chi connectivity index (χ0v) is 15.3. The van der Waals surface area contributed by atoms with Gasteiger partial charge in [-0.15, -0.1) is 0 Å². The molecular formula is C17H21N3O4S. The lowest BCUT2D eigenvalue weighted by atomic mass is 10.1. The van der Waals surface area contributed by atoms with Gasteiger partial charge in [-0.25, -0.2) is 18.4 Å². The molecule has 0 amide bonds. The Morgan fingerprint density at radius 2 is 1.96 bits per heavy atom. The standard InChI is InChI=1S/C17H21N3O4S/c1-23-15-5-4-12(8-16(15)24-2)10-20-7-6-14-13(11-20)9-18-17(19-14)25(3,21)22/h4-5,8-9H,6-7,10-11H2,1-3H3. The van der Waals surface area contributed by atoms with Gasteiger partial charge >= 0.3 is 0 Å². The number of nitrogens with zero attached hydrogens (tertiary/aromatic N) is 3. The quantitative estimate of drug-likeness (QED) is 0.744. The highest BCUT2D eigenvalue weighted by Crippen LogP contribution is 2.28. The summed E-state index contributed by atoms with van der Waals surface area (Å²) in [6.45, 7) is 2.25. The number of rotatable bonds is 5. The van der Waals surface area contributed by atoms with Gasteiger partial charge in [-0.1, -0.05) is 6.07 Å². The molecule has 1 aliphatic heterocycles. The van der Waals surface area contributed by atoms with Crippen LogP contribution in [0.25, 0.3) is 0 Å². The van der Waals surface area contributed by atoms with E-state index in [1.807, 2.05) is 18.2 Å². The average Bonchev–Trinajstić information content (AvgIpc) is 2.60. The molecule has 1 aromatic carbocycles. The Morgan fingerprint density at radius 3 is 2.64 bits per heavy atom. The molecule has 1 aromatic heterocycles. The van der Waals surface area contributed by atoms with Crippen molar-refractivity contribution in [3.63, 3.8) is 0 Å². The molecule has 0 unspecified atom stereocenters. The summed E-state index contributed by atoms with van der Waals surface area (Å²) >= 11 is 0. The minimum absolute atomic E-state index is 0.0976. The molecule has 134 valence electrons. The van der Waals surface area contributed by atoms with Gasteiger partial charge in [0.25, 0.3) is 0 Å². The first kappa shape index (κ1) is 17.6. The summed E-state index contributed by atoms with van der Waals surface area (Å²) in [6.07, 6.45) is 3.45. The van der Waals surface area contributed by atoms with Gasteiger partial charge < -0.3 is 9.47 Å². The number of ether oxygens (including phenoxy) is 2. The van der Waals surface area contributed by atoms with Crippen molar-refractivity contribution in [1.29, 1.82) is 0 Å². The van der Waals surface area contributed by atoms with Crippen LogP contribution < -0.4 is 9.47 Å². The molecule has 2 heterocycles. The van der Waals surface area contributed by atoms with Crippen molar-refractivity contribution in [3.8, 4) is 11.5 Å². The SMILES string of the molecule is COc1ccc(CN2CCc3nc(S(C)(=O)=O)ncc3C2)cc1OC. The zero-order valence-electron chi connectivity index (χ0n) is 14.5. The first-order valence-corrected chi connectivity index (χ1v) is 9.78. The predicted molar refractivity (Wildman–Crippen MR) is 92.5 cm³/mol. The van der Waals surface area contributed by atoms with Crippen molar-refractivity contribution in [3.05, 3.63) is 41.2 Å². The van der Waals surface area contributed by atoms with Crippen molar-refractivity contribution in [2.45, 2.75) is 24.7 Å². The molecule has 3 rings (SSSR count). The predicted octanol–water partition coefficient (Wildman–Crippen LogP) is 1.46. The molecule has 0 spiro atoms. The third-order valence-electron chi connectivity index (χ3n) is 4.18. The van der Waals surface area contributed by atoms with Crippen LogP contribution in [-0.2, 0) is 29.3 Å². The van der Waals surface area contributed by atoms with Gasteiger partial charge in [-0.05, 0) is 17.7 Å². The number of methoxy groups -OCH3 is 2. The van der Waals surface area contributed by atoms with E-state index in [2.05, 4.69) is 14.9 Å². The summed E-state index contributed by atoms with van der Waals surface area (Å²) in [6, 6.07) is 5.88. The summed E-state index contributed by atoms with van der Waals surface area (Å²) in [5.74, 6) is 1.41. The summed E-state index contributed by atoms with van der Waals surface area (Å²) in [5, 5.41) is -0.0976. The maximum Gasteiger partial charge on any atom is 0.246 e. The van der Waals surface area contributed by atoms with Crippen LogP contribution in [0.3, 0.4) is 0 Å². The zero-order chi connectivity index (χ0) is 18.0. The van der Waals surface area contributed by atoms with Crippen LogP contribution in [-0.4, -0.2) is 50.3 Å². The van der Waals surface area contributed by atoms with Crippen molar-refractivity contribution in [2.75, 3.05) is 27.0 Å². The lowest BCUT2D eigenvalue weighted by molar-refractivity contribution is 0.241. The number of sulfone groups is 1. The fourth-order valence-electron chi connectivity index (χ4n) is 2.91. The molecule has 2 aromatic rings. The Hall–Kier alpha value is -2.19. The van der Waals surface area contributed by atoms with Crippen molar-refractivity contribution >= 4 is 9.84 Å². The Labute approximate surface area is 147 Å². The first-order valence-electron chi connectivity index (χ1n) is 7.89. The third-order valence-corrected chi connectivity index (χ3v) is 5.04. The van der Waals surface area contributed by atoms with Crippen LogP contribution in [0.2, 0.25) is 0 Å². The minimum Gasteiger partial charge on any atom is -0.493 e. The average molecular weight is 363 g/mol. The second kappa shape index (κ2) is 6.97. The second-order valence-electron chi connectivity index (χ2n) is 6.05. The van der Waals surface area contributed by atoms with Crippen LogP contribution in [0.1, 0.15) is 16.8 Å². The summed E-state index contributed by atoms with van der Waals surface area (Å²) in [4.78, 5) is 10.5.